The molecule has 0 radical (unpaired) electrons. The molecule has 0 aliphatic rings. The minimum Gasteiger partial charge on any atom is -0.505 e. The number of aromatic hydroxyl groups is 1. The summed E-state index contributed by atoms with van der Waals surface area (Å²) in [5.74, 6) is -0.111. The van der Waals surface area contributed by atoms with Gasteiger partial charge in [0.25, 0.3) is 0 Å². The highest BCUT2D eigenvalue weighted by atomic mass is 19.1. The molecule has 2 aromatic rings. The van der Waals surface area contributed by atoms with E-state index < -0.39 is 5.82 Å². The van der Waals surface area contributed by atoms with Crippen molar-refractivity contribution in [2.45, 2.75) is 19.5 Å². The lowest BCUT2D eigenvalue weighted by molar-refractivity contribution is 0.413. The first-order chi connectivity index (χ1) is 9.60. The lowest BCUT2D eigenvalue weighted by atomic mass is 10.1. The molecule has 0 saturated heterocycles. The first-order valence-corrected chi connectivity index (χ1v) is 6.45. The fourth-order valence-electron chi connectivity index (χ4n) is 1.96. The molecule has 0 spiro atoms. The number of phenolic OH excluding ortho intramolecular Hbond substituents is 1. The molecule has 0 unspecified atom stereocenters. The highest BCUT2D eigenvalue weighted by Gasteiger charge is 2.07. The molecule has 0 amide bonds. The predicted octanol–water partition coefficient (Wildman–Crippen LogP) is 3.39. The summed E-state index contributed by atoms with van der Waals surface area (Å²) in [4.78, 5) is 0. The van der Waals surface area contributed by atoms with Gasteiger partial charge in [0.15, 0.2) is 11.6 Å². The second-order valence-electron chi connectivity index (χ2n) is 4.66. The van der Waals surface area contributed by atoms with Crippen LogP contribution in [0.15, 0.2) is 42.5 Å². The maximum absolute atomic E-state index is 13.2. The maximum Gasteiger partial charge on any atom is 0.165 e. The Labute approximate surface area is 118 Å². The van der Waals surface area contributed by atoms with Gasteiger partial charge in [0.1, 0.15) is 5.75 Å². The van der Waals surface area contributed by atoms with Crippen molar-refractivity contribution in [1.29, 1.82) is 0 Å². The van der Waals surface area contributed by atoms with E-state index in [2.05, 4.69) is 5.32 Å². The Kier molecular flexibility index (Phi) is 4.58. The number of halogens is 1. The van der Waals surface area contributed by atoms with Crippen LogP contribution in [0.2, 0.25) is 0 Å². The van der Waals surface area contributed by atoms with Crippen molar-refractivity contribution in [3.63, 3.8) is 0 Å². The summed E-state index contributed by atoms with van der Waals surface area (Å²) >= 11 is 0. The molecule has 0 bridgehead atoms. The molecule has 0 aliphatic carbocycles. The van der Waals surface area contributed by atoms with E-state index >= 15 is 0 Å². The van der Waals surface area contributed by atoms with Crippen molar-refractivity contribution in [2.75, 3.05) is 7.11 Å². The molecule has 0 aromatic heterocycles. The zero-order chi connectivity index (χ0) is 14.5. The Morgan fingerprint density at radius 3 is 2.75 bits per heavy atom. The third-order valence-corrected chi connectivity index (χ3v) is 3.22. The molecule has 20 heavy (non-hydrogen) atoms. The highest BCUT2D eigenvalue weighted by Crippen LogP contribution is 2.20. The molecule has 0 fully saturated rings. The Hall–Kier alpha value is -2.07. The van der Waals surface area contributed by atoms with Gasteiger partial charge >= 0.3 is 0 Å². The summed E-state index contributed by atoms with van der Waals surface area (Å²) < 4.78 is 18.4. The second kappa shape index (κ2) is 6.39. The molecule has 1 atom stereocenters. The third-order valence-electron chi connectivity index (χ3n) is 3.22. The molecule has 4 heteroatoms. The van der Waals surface area contributed by atoms with E-state index in [-0.39, 0.29) is 11.8 Å². The fourth-order valence-corrected chi connectivity index (χ4v) is 1.96. The molecule has 0 saturated carbocycles. The van der Waals surface area contributed by atoms with Crippen molar-refractivity contribution >= 4 is 0 Å². The summed E-state index contributed by atoms with van der Waals surface area (Å²) in [6.07, 6.45) is 0. The third kappa shape index (κ3) is 3.48. The number of hydrogen-bond acceptors (Lipinski definition) is 3. The summed E-state index contributed by atoms with van der Waals surface area (Å²) in [5, 5.41) is 12.5. The SMILES string of the molecule is COc1cccc([C@@H](C)NCc2ccc(O)c(F)c2)c1. The average Bonchev–Trinajstić information content (AvgIpc) is 2.48. The molecule has 2 rings (SSSR count). The van der Waals surface area contributed by atoms with Gasteiger partial charge in [-0.15, -0.1) is 0 Å². The van der Waals surface area contributed by atoms with E-state index in [0.717, 1.165) is 16.9 Å². The number of hydrogen-bond donors (Lipinski definition) is 2. The van der Waals surface area contributed by atoms with Crippen molar-refractivity contribution in [3.05, 3.63) is 59.4 Å². The monoisotopic (exact) mass is 275 g/mol. The Balaban J connectivity index is 2.00. The summed E-state index contributed by atoms with van der Waals surface area (Å²) in [6.45, 7) is 2.56. The van der Waals surface area contributed by atoms with Gasteiger partial charge in [-0.25, -0.2) is 4.39 Å². The number of benzene rings is 2. The number of phenols is 1. The van der Waals surface area contributed by atoms with Crippen molar-refractivity contribution < 1.29 is 14.2 Å². The van der Waals surface area contributed by atoms with Crippen LogP contribution in [0.1, 0.15) is 24.1 Å². The molecule has 106 valence electrons. The lowest BCUT2D eigenvalue weighted by Crippen LogP contribution is -2.18. The highest BCUT2D eigenvalue weighted by molar-refractivity contribution is 5.31. The van der Waals surface area contributed by atoms with E-state index in [9.17, 15) is 4.39 Å². The molecule has 2 aromatic carbocycles. The summed E-state index contributed by atoms with van der Waals surface area (Å²) in [5.41, 5.74) is 1.89. The number of methoxy groups -OCH3 is 1. The summed E-state index contributed by atoms with van der Waals surface area (Å²) in [7, 11) is 1.64. The van der Waals surface area contributed by atoms with Crippen LogP contribution in [-0.2, 0) is 6.54 Å². The zero-order valence-corrected chi connectivity index (χ0v) is 11.6. The fraction of sp³-hybridized carbons (Fsp3) is 0.250. The molecule has 0 aliphatic heterocycles. The van der Waals surface area contributed by atoms with Crippen LogP contribution in [-0.4, -0.2) is 12.2 Å². The van der Waals surface area contributed by atoms with E-state index in [1.165, 1.54) is 12.1 Å². The molecular formula is C16H18FNO2. The Morgan fingerprint density at radius 1 is 1.25 bits per heavy atom. The minimum atomic E-state index is -0.599. The minimum absolute atomic E-state index is 0.113. The quantitative estimate of drug-likeness (QED) is 0.879. The van der Waals surface area contributed by atoms with E-state index in [0.29, 0.717) is 6.54 Å². The van der Waals surface area contributed by atoms with Crippen LogP contribution in [0, 0.1) is 5.82 Å². The first-order valence-electron chi connectivity index (χ1n) is 6.45. The van der Waals surface area contributed by atoms with Crippen molar-refractivity contribution in [3.8, 4) is 11.5 Å². The van der Waals surface area contributed by atoms with Gasteiger partial charge in [0, 0.05) is 12.6 Å². The van der Waals surface area contributed by atoms with Gasteiger partial charge in [-0.1, -0.05) is 18.2 Å². The normalized spacial score (nSPS) is 12.2. The molecule has 2 N–H and O–H groups in total. The van der Waals surface area contributed by atoms with Crippen LogP contribution in [0.25, 0.3) is 0 Å². The van der Waals surface area contributed by atoms with Gasteiger partial charge in [-0.05, 0) is 42.3 Å². The topological polar surface area (TPSA) is 41.5 Å². The van der Waals surface area contributed by atoms with Gasteiger partial charge in [0.2, 0.25) is 0 Å². The lowest BCUT2D eigenvalue weighted by Gasteiger charge is -2.15. The standard InChI is InChI=1S/C16H18FNO2/c1-11(13-4-3-5-14(9-13)20-2)18-10-12-6-7-16(19)15(17)8-12/h3-9,11,18-19H,10H2,1-2H3/t11-/m1/s1. The van der Waals surface area contributed by atoms with E-state index in [4.69, 9.17) is 9.84 Å². The molecular weight excluding hydrogens is 257 g/mol. The smallest absolute Gasteiger partial charge is 0.165 e. The number of ether oxygens (including phenoxy) is 1. The Bertz CT molecular complexity index is 586. The van der Waals surface area contributed by atoms with Gasteiger partial charge < -0.3 is 15.2 Å². The predicted molar refractivity (Wildman–Crippen MR) is 76.3 cm³/mol. The van der Waals surface area contributed by atoms with Gasteiger partial charge in [-0.2, -0.15) is 0 Å². The maximum atomic E-state index is 13.2. The van der Waals surface area contributed by atoms with E-state index in [1.807, 2.05) is 31.2 Å². The second-order valence-corrected chi connectivity index (χ2v) is 4.66. The van der Waals surface area contributed by atoms with E-state index in [1.54, 1.807) is 13.2 Å². The van der Waals surface area contributed by atoms with Crippen LogP contribution >= 0.6 is 0 Å². The zero-order valence-electron chi connectivity index (χ0n) is 11.6. The van der Waals surface area contributed by atoms with Gasteiger partial charge in [-0.3, -0.25) is 0 Å². The van der Waals surface area contributed by atoms with Crippen LogP contribution in [0.4, 0.5) is 4.39 Å². The average molecular weight is 275 g/mol. The summed E-state index contributed by atoms with van der Waals surface area (Å²) in [6, 6.07) is 12.3. The largest absolute Gasteiger partial charge is 0.505 e. The number of rotatable bonds is 5. The Morgan fingerprint density at radius 2 is 2.05 bits per heavy atom. The van der Waals surface area contributed by atoms with Crippen LogP contribution in [0.3, 0.4) is 0 Å². The van der Waals surface area contributed by atoms with Gasteiger partial charge in [0.05, 0.1) is 7.11 Å². The van der Waals surface area contributed by atoms with Crippen LogP contribution in [0.5, 0.6) is 11.5 Å². The first kappa shape index (κ1) is 14.3. The molecule has 0 heterocycles. The molecule has 3 nitrogen and oxygen atoms in total. The van der Waals surface area contributed by atoms with Crippen molar-refractivity contribution in [2.24, 2.45) is 0 Å². The van der Waals surface area contributed by atoms with Crippen molar-refractivity contribution in [1.82, 2.24) is 5.32 Å². The number of nitrogens with one attached hydrogen (secondary N) is 1. The van der Waals surface area contributed by atoms with Crippen LogP contribution < -0.4 is 10.1 Å².